The van der Waals surface area contributed by atoms with Crippen molar-refractivity contribution in [2.75, 3.05) is 7.05 Å². The van der Waals surface area contributed by atoms with Crippen LogP contribution in [0.2, 0.25) is 0 Å². The van der Waals surface area contributed by atoms with E-state index in [0.29, 0.717) is 24.4 Å². The maximum atomic E-state index is 5.76. The predicted molar refractivity (Wildman–Crippen MR) is 86.3 cm³/mol. The Morgan fingerprint density at radius 3 is 2.73 bits per heavy atom. The molecule has 3 aromatic heterocycles. The minimum absolute atomic E-state index is 0.306. The number of nitrogens with zero attached hydrogens (tertiary/aromatic N) is 4. The topological polar surface area (TPSA) is 55.1 Å². The molecule has 0 saturated heterocycles. The molecule has 3 aromatic rings. The molecule has 0 radical (unpaired) electrons. The Labute approximate surface area is 133 Å². The molecule has 6 heteroatoms. The van der Waals surface area contributed by atoms with Gasteiger partial charge in [0.25, 0.3) is 5.89 Å². The first-order valence-corrected chi connectivity index (χ1v) is 8.12. The van der Waals surface area contributed by atoms with Crippen molar-refractivity contribution in [2.24, 2.45) is 0 Å². The zero-order chi connectivity index (χ0) is 15.4. The van der Waals surface area contributed by atoms with Crippen LogP contribution < -0.4 is 0 Å². The SMILES string of the molecule is CC[C@@H](c1ccncc1)N(C)Cc1nnc(-c2cccs2)o1. The Balaban J connectivity index is 1.72. The average molecular weight is 314 g/mol. The summed E-state index contributed by atoms with van der Waals surface area (Å²) in [6.07, 6.45) is 4.66. The summed E-state index contributed by atoms with van der Waals surface area (Å²) in [5.41, 5.74) is 1.25. The van der Waals surface area contributed by atoms with Crippen molar-refractivity contribution in [3.05, 3.63) is 53.5 Å². The quantitative estimate of drug-likeness (QED) is 0.693. The summed E-state index contributed by atoms with van der Waals surface area (Å²) in [6, 6.07) is 8.37. The number of aromatic nitrogens is 3. The van der Waals surface area contributed by atoms with Crippen LogP contribution in [0.25, 0.3) is 10.8 Å². The third-order valence-corrected chi connectivity index (χ3v) is 4.45. The van der Waals surface area contributed by atoms with E-state index in [0.717, 1.165) is 11.3 Å². The van der Waals surface area contributed by atoms with Crippen molar-refractivity contribution in [1.29, 1.82) is 0 Å². The van der Waals surface area contributed by atoms with Crippen LogP contribution in [-0.2, 0) is 6.54 Å². The first-order valence-electron chi connectivity index (χ1n) is 7.24. The fraction of sp³-hybridized carbons (Fsp3) is 0.312. The van der Waals surface area contributed by atoms with Gasteiger partial charge in [-0.25, -0.2) is 0 Å². The Hall–Kier alpha value is -2.05. The second-order valence-corrected chi connectivity index (χ2v) is 6.05. The summed E-state index contributed by atoms with van der Waals surface area (Å²) < 4.78 is 5.76. The average Bonchev–Trinajstić information content (AvgIpc) is 3.20. The first kappa shape index (κ1) is 14.9. The lowest BCUT2D eigenvalue weighted by Gasteiger charge is -2.26. The summed E-state index contributed by atoms with van der Waals surface area (Å²) in [6.45, 7) is 2.80. The van der Waals surface area contributed by atoms with Gasteiger partial charge in [0.05, 0.1) is 11.4 Å². The largest absolute Gasteiger partial charge is 0.419 e. The van der Waals surface area contributed by atoms with Crippen LogP contribution in [0.4, 0.5) is 0 Å². The molecular weight excluding hydrogens is 296 g/mol. The molecule has 5 nitrogen and oxygen atoms in total. The van der Waals surface area contributed by atoms with E-state index in [1.165, 1.54) is 5.56 Å². The normalized spacial score (nSPS) is 12.7. The Morgan fingerprint density at radius 1 is 1.23 bits per heavy atom. The molecule has 0 fully saturated rings. The van der Waals surface area contributed by atoms with Gasteiger partial charge in [-0.15, -0.1) is 21.5 Å². The van der Waals surface area contributed by atoms with Gasteiger partial charge in [0.1, 0.15) is 0 Å². The Kier molecular flexibility index (Phi) is 4.60. The summed E-state index contributed by atoms with van der Waals surface area (Å²) >= 11 is 1.60. The highest BCUT2D eigenvalue weighted by Gasteiger charge is 2.18. The third kappa shape index (κ3) is 3.23. The van der Waals surface area contributed by atoms with Crippen LogP contribution in [-0.4, -0.2) is 27.1 Å². The van der Waals surface area contributed by atoms with E-state index in [1.54, 1.807) is 11.3 Å². The lowest BCUT2D eigenvalue weighted by Crippen LogP contribution is -2.24. The third-order valence-electron chi connectivity index (χ3n) is 3.59. The van der Waals surface area contributed by atoms with Gasteiger partial charge >= 0.3 is 0 Å². The molecule has 0 aliphatic heterocycles. The number of pyridine rings is 1. The highest BCUT2D eigenvalue weighted by atomic mass is 32.1. The van der Waals surface area contributed by atoms with Crippen molar-refractivity contribution < 1.29 is 4.42 Å². The van der Waals surface area contributed by atoms with Gasteiger partial charge in [-0.3, -0.25) is 9.88 Å². The molecule has 3 heterocycles. The molecule has 0 bridgehead atoms. The molecule has 22 heavy (non-hydrogen) atoms. The minimum atomic E-state index is 0.306. The molecule has 0 aliphatic rings. The first-order chi connectivity index (χ1) is 10.8. The molecule has 3 rings (SSSR count). The Bertz CT molecular complexity index is 696. The summed E-state index contributed by atoms with van der Waals surface area (Å²) in [5.74, 6) is 1.23. The van der Waals surface area contributed by atoms with E-state index >= 15 is 0 Å². The van der Waals surface area contributed by atoms with Crippen LogP contribution in [0.3, 0.4) is 0 Å². The van der Waals surface area contributed by atoms with Gasteiger partial charge in [0.15, 0.2) is 0 Å². The molecule has 0 amide bonds. The molecule has 114 valence electrons. The van der Waals surface area contributed by atoms with E-state index in [1.807, 2.05) is 29.9 Å². The van der Waals surface area contributed by atoms with Gasteiger partial charge in [-0.1, -0.05) is 13.0 Å². The van der Waals surface area contributed by atoms with Crippen LogP contribution in [0.1, 0.15) is 30.8 Å². The van der Waals surface area contributed by atoms with E-state index < -0.39 is 0 Å². The van der Waals surface area contributed by atoms with E-state index in [-0.39, 0.29) is 0 Å². The van der Waals surface area contributed by atoms with Crippen molar-refractivity contribution in [3.63, 3.8) is 0 Å². The minimum Gasteiger partial charge on any atom is -0.419 e. The monoisotopic (exact) mass is 314 g/mol. The summed E-state index contributed by atoms with van der Waals surface area (Å²) in [7, 11) is 2.07. The fourth-order valence-electron chi connectivity index (χ4n) is 2.53. The van der Waals surface area contributed by atoms with Crippen LogP contribution in [0.15, 0.2) is 46.5 Å². The smallest absolute Gasteiger partial charge is 0.257 e. The second kappa shape index (κ2) is 6.81. The zero-order valence-corrected chi connectivity index (χ0v) is 13.5. The van der Waals surface area contributed by atoms with Crippen molar-refractivity contribution >= 4 is 11.3 Å². The molecule has 0 aliphatic carbocycles. The van der Waals surface area contributed by atoms with Gasteiger partial charge in [0, 0.05) is 18.4 Å². The van der Waals surface area contributed by atoms with Crippen molar-refractivity contribution in [3.8, 4) is 10.8 Å². The molecule has 0 spiro atoms. The molecular formula is C16H18N4OS. The van der Waals surface area contributed by atoms with Crippen LogP contribution in [0, 0.1) is 0 Å². The fourth-order valence-corrected chi connectivity index (χ4v) is 3.17. The van der Waals surface area contributed by atoms with Crippen molar-refractivity contribution in [1.82, 2.24) is 20.1 Å². The van der Waals surface area contributed by atoms with Crippen LogP contribution >= 0.6 is 11.3 Å². The molecule has 0 aromatic carbocycles. The standard InChI is InChI=1S/C16H18N4OS/c1-3-13(12-6-8-17-9-7-12)20(2)11-15-18-19-16(21-15)14-5-4-10-22-14/h4-10,13H,3,11H2,1-2H3/t13-/m0/s1. The summed E-state index contributed by atoms with van der Waals surface area (Å²) in [4.78, 5) is 7.30. The predicted octanol–water partition coefficient (Wildman–Crippen LogP) is 3.78. The number of hydrogen-bond donors (Lipinski definition) is 0. The lowest BCUT2D eigenvalue weighted by molar-refractivity contribution is 0.209. The number of hydrogen-bond acceptors (Lipinski definition) is 6. The second-order valence-electron chi connectivity index (χ2n) is 5.10. The van der Waals surface area contributed by atoms with Gasteiger partial charge in [0.2, 0.25) is 5.89 Å². The maximum Gasteiger partial charge on any atom is 0.257 e. The summed E-state index contributed by atoms with van der Waals surface area (Å²) in [5, 5.41) is 10.3. The molecule has 0 unspecified atom stereocenters. The van der Waals surface area contributed by atoms with E-state index in [2.05, 4.69) is 46.2 Å². The molecule has 0 N–H and O–H groups in total. The number of rotatable bonds is 6. The van der Waals surface area contributed by atoms with Crippen molar-refractivity contribution in [2.45, 2.75) is 25.9 Å². The van der Waals surface area contributed by atoms with Gasteiger partial charge in [-0.2, -0.15) is 0 Å². The molecule has 0 saturated carbocycles. The van der Waals surface area contributed by atoms with E-state index in [4.69, 9.17) is 4.42 Å². The highest BCUT2D eigenvalue weighted by molar-refractivity contribution is 7.13. The Morgan fingerprint density at radius 2 is 2.05 bits per heavy atom. The van der Waals surface area contributed by atoms with E-state index in [9.17, 15) is 0 Å². The zero-order valence-electron chi connectivity index (χ0n) is 12.6. The maximum absolute atomic E-state index is 5.76. The van der Waals surface area contributed by atoms with Gasteiger partial charge in [-0.05, 0) is 42.6 Å². The molecule has 1 atom stereocenters. The lowest BCUT2D eigenvalue weighted by atomic mass is 10.0. The highest BCUT2D eigenvalue weighted by Crippen LogP contribution is 2.26. The van der Waals surface area contributed by atoms with Gasteiger partial charge < -0.3 is 4.42 Å². The van der Waals surface area contributed by atoms with Crippen LogP contribution in [0.5, 0.6) is 0 Å². The number of thiophene rings is 1.